The van der Waals surface area contributed by atoms with Crippen LogP contribution in [0.3, 0.4) is 0 Å². The fourth-order valence-corrected chi connectivity index (χ4v) is 2.38. The highest BCUT2D eigenvalue weighted by Gasteiger charge is 2.21. The van der Waals surface area contributed by atoms with Gasteiger partial charge in [-0.25, -0.2) is 4.98 Å². The molecule has 25 heavy (non-hydrogen) atoms. The SMILES string of the molecule is O=C(O)C(S)c1ncc(-c2ccc(-c3ccc([N+](=O)[O-])cc3)cc2)o1. The Bertz CT molecular complexity index is 919. The molecular formula is C17H12N2O5S. The number of carboxylic acid groups (broad SMARTS) is 1. The smallest absolute Gasteiger partial charge is 0.325 e. The molecular weight excluding hydrogens is 344 g/mol. The number of aromatic nitrogens is 1. The first kappa shape index (κ1) is 16.7. The third kappa shape index (κ3) is 3.53. The minimum absolute atomic E-state index is 0.0188. The molecule has 2 aromatic carbocycles. The maximum Gasteiger partial charge on any atom is 0.325 e. The molecule has 1 unspecified atom stereocenters. The standard InChI is InChI=1S/C17H12N2O5S/c20-17(21)15(25)16-18-9-14(24-16)12-3-1-10(2-4-12)11-5-7-13(8-6-11)19(22)23/h1-9,15,25H,(H,20,21). The lowest BCUT2D eigenvalue weighted by molar-refractivity contribution is -0.384. The molecule has 0 radical (unpaired) electrons. The van der Waals surface area contributed by atoms with Crippen LogP contribution in [0.2, 0.25) is 0 Å². The van der Waals surface area contributed by atoms with Crippen molar-refractivity contribution >= 4 is 24.3 Å². The molecule has 0 aliphatic heterocycles. The van der Waals surface area contributed by atoms with E-state index in [1.54, 1.807) is 24.3 Å². The van der Waals surface area contributed by atoms with E-state index >= 15 is 0 Å². The number of non-ortho nitro benzene ring substituents is 1. The Labute approximate surface area is 147 Å². The lowest BCUT2D eigenvalue weighted by Crippen LogP contribution is -2.04. The van der Waals surface area contributed by atoms with Gasteiger partial charge >= 0.3 is 5.97 Å². The third-order valence-corrected chi connectivity index (χ3v) is 4.01. The number of hydrogen-bond acceptors (Lipinski definition) is 6. The number of benzene rings is 2. The van der Waals surface area contributed by atoms with E-state index in [1.165, 1.54) is 18.3 Å². The van der Waals surface area contributed by atoms with Crippen LogP contribution in [0.25, 0.3) is 22.5 Å². The first-order valence-corrected chi connectivity index (χ1v) is 7.69. The van der Waals surface area contributed by atoms with E-state index in [0.717, 1.165) is 16.7 Å². The largest absolute Gasteiger partial charge is 0.480 e. The van der Waals surface area contributed by atoms with Gasteiger partial charge < -0.3 is 9.52 Å². The number of nitrogens with zero attached hydrogens (tertiary/aromatic N) is 2. The van der Waals surface area contributed by atoms with Gasteiger partial charge in [-0.1, -0.05) is 24.3 Å². The zero-order valence-electron chi connectivity index (χ0n) is 12.7. The van der Waals surface area contributed by atoms with Crippen molar-refractivity contribution < 1.29 is 19.2 Å². The number of rotatable bonds is 5. The number of hydrogen-bond donors (Lipinski definition) is 2. The molecule has 0 aliphatic carbocycles. The molecule has 0 aliphatic rings. The minimum Gasteiger partial charge on any atom is -0.480 e. The summed E-state index contributed by atoms with van der Waals surface area (Å²) in [5.74, 6) is -0.680. The summed E-state index contributed by atoms with van der Waals surface area (Å²) in [5, 5.41) is 18.5. The first-order valence-electron chi connectivity index (χ1n) is 7.17. The number of oxazole rings is 1. The topological polar surface area (TPSA) is 106 Å². The van der Waals surface area contributed by atoms with Gasteiger partial charge in [0.1, 0.15) is 0 Å². The molecule has 0 amide bonds. The van der Waals surface area contributed by atoms with E-state index in [9.17, 15) is 14.9 Å². The number of aliphatic carboxylic acids is 1. The van der Waals surface area contributed by atoms with Gasteiger partial charge in [0, 0.05) is 17.7 Å². The zero-order chi connectivity index (χ0) is 18.0. The normalized spacial score (nSPS) is 11.9. The van der Waals surface area contributed by atoms with Crippen LogP contribution in [-0.2, 0) is 4.79 Å². The fourth-order valence-electron chi connectivity index (χ4n) is 2.26. The predicted octanol–water partition coefficient (Wildman–Crippen LogP) is 3.97. The summed E-state index contributed by atoms with van der Waals surface area (Å²) in [4.78, 5) is 25.1. The summed E-state index contributed by atoms with van der Waals surface area (Å²) in [6.07, 6.45) is 1.45. The lowest BCUT2D eigenvalue weighted by Gasteiger charge is -2.03. The van der Waals surface area contributed by atoms with Crippen LogP contribution in [0.15, 0.2) is 59.1 Å². The van der Waals surface area contributed by atoms with E-state index in [4.69, 9.17) is 9.52 Å². The fraction of sp³-hybridized carbons (Fsp3) is 0.0588. The Kier molecular flexibility index (Phi) is 4.53. The summed E-state index contributed by atoms with van der Waals surface area (Å²) < 4.78 is 5.44. The molecule has 0 saturated carbocycles. The summed E-state index contributed by atoms with van der Waals surface area (Å²) in [5.41, 5.74) is 2.50. The number of nitro groups is 1. The summed E-state index contributed by atoms with van der Waals surface area (Å²) >= 11 is 3.92. The molecule has 8 heteroatoms. The highest BCUT2D eigenvalue weighted by Crippen LogP contribution is 2.28. The average Bonchev–Trinajstić information content (AvgIpc) is 3.11. The summed E-state index contributed by atoms with van der Waals surface area (Å²) in [7, 11) is 0. The van der Waals surface area contributed by atoms with E-state index in [1.807, 2.05) is 12.1 Å². The van der Waals surface area contributed by atoms with Crippen LogP contribution in [0.1, 0.15) is 11.1 Å². The molecule has 0 fully saturated rings. The molecule has 0 spiro atoms. The molecule has 3 rings (SSSR count). The van der Waals surface area contributed by atoms with Gasteiger partial charge in [-0.3, -0.25) is 14.9 Å². The third-order valence-electron chi connectivity index (χ3n) is 3.57. The second-order valence-electron chi connectivity index (χ2n) is 5.18. The van der Waals surface area contributed by atoms with Crippen LogP contribution in [-0.4, -0.2) is 21.0 Å². The van der Waals surface area contributed by atoms with Gasteiger partial charge in [0.05, 0.1) is 11.1 Å². The predicted molar refractivity (Wildman–Crippen MR) is 93.4 cm³/mol. The molecule has 126 valence electrons. The second-order valence-corrected chi connectivity index (χ2v) is 5.70. The number of nitro benzene ring substituents is 1. The lowest BCUT2D eigenvalue weighted by atomic mass is 10.0. The van der Waals surface area contributed by atoms with E-state index in [2.05, 4.69) is 17.6 Å². The van der Waals surface area contributed by atoms with E-state index < -0.39 is 16.1 Å². The van der Waals surface area contributed by atoms with Gasteiger partial charge in [0.15, 0.2) is 11.0 Å². The maximum absolute atomic E-state index is 10.9. The Balaban J connectivity index is 1.83. The molecule has 1 aromatic heterocycles. The maximum atomic E-state index is 10.9. The molecule has 1 atom stereocenters. The molecule has 0 bridgehead atoms. The molecule has 7 nitrogen and oxygen atoms in total. The highest BCUT2D eigenvalue weighted by atomic mass is 32.1. The average molecular weight is 356 g/mol. The van der Waals surface area contributed by atoms with Gasteiger partial charge in [-0.05, 0) is 23.3 Å². The number of thiol groups is 1. The highest BCUT2D eigenvalue weighted by molar-refractivity contribution is 7.81. The van der Waals surface area contributed by atoms with Crippen molar-refractivity contribution in [2.45, 2.75) is 5.25 Å². The quantitative estimate of drug-likeness (QED) is 0.407. The first-order chi connectivity index (χ1) is 12.0. The van der Waals surface area contributed by atoms with Gasteiger partial charge in [-0.15, -0.1) is 0 Å². The van der Waals surface area contributed by atoms with Crippen LogP contribution in [0, 0.1) is 10.1 Å². The van der Waals surface area contributed by atoms with Crippen molar-refractivity contribution in [2.24, 2.45) is 0 Å². The molecule has 3 aromatic rings. The van der Waals surface area contributed by atoms with Gasteiger partial charge in [-0.2, -0.15) is 12.6 Å². The van der Waals surface area contributed by atoms with Crippen molar-refractivity contribution in [1.29, 1.82) is 0 Å². The number of carbonyl (C=O) groups is 1. The Morgan fingerprint density at radius 1 is 1.08 bits per heavy atom. The molecule has 1 heterocycles. The van der Waals surface area contributed by atoms with Crippen molar-refractivity contribution in [3.8, 4) is 22.5 Å². The zero-order valence-corrected chi connectivity index (χ0v) is 13.6. The van der Waals surface area contributed by atoms with E-state index in [-0.39, 0.29) is 11.6 Å². The Morgan fingerprint density at radius 2 is 1.60 bits per heavy atom. The summed E-state index contributed by atoms with van der Waals surface area (Å²) in [6.45, 7) is 0. The van der Waals surface area contributed by atoms with Crippen LogP contribution in [0.5, 0.6) is 0 Å². The van der Waals surface area contributed by atoms with Crippen LogP contribution in [0.4, 0.5) is 5.69 Å². The van der Waals surface area contributed by atoms with Crippen molar-refractivity contribution in [1.82, 2.24) is 4.98 Å². The van der Waals surface area contributed by atoms with Gasteiger partial charge in [0.2, 0.25) is 5.89 Å². The van der Waals surface area contributed by atoms with Gasteiger partial charge in [0.25, 0.3) is 5.69 Å². The minimum atomic E-state index is -1.13. The van der Waals surface area contributed by atoms with E-state index in [0.29, 0.717) is 5.76 Å². The molecule has 1 N–H and O–H groups in total. The van der Waals surface area contributed by atoms with Crippen LogP contribution < -0.4 is 0 Å². The number of carboxylic acids is 1. The summed E-state index contributed by atoms with van der Waals surface area (Å²) in [6, 6.07) is 13.5. The Morgan fingerprint density at radius 3 is 2.12 bits per heavy atom. The Hall–Kier alpha value is -3.13. The monoisotopic (exact) mass is 356 g/mol. The van der Waals surface area contributed by atoms with Crippen molar-refractivity contribution in [2.75, 3.05) is 0 Å². The van der Waals surface area contributed by atoms with Crippen molar-refractivity contribution in [3.63, 3.8) is 0 Å². The second kappa shape index (κ2) is 6.78. The van der Waals surface area contributed by atoms with Crippen molar-refractivity contribution in [3.05, 3.63) is 70.7 Å². The van der Waals surface area contributed by atoms with Crippen LogP contribution >= 0.6 is 12.6 Å². The molecule has 0 saturated heterocycles.